The lowest BCUT2D eigenvalue weighted by atomic mass is 10.3. The van der Waals surface area contributed by atoms with Crippen molar-refractivity contribution in [2.45, 2.75) is 0 Å². The van der Waals surface area contributed by atoms with Crippen molar-refractivity contribution in [2.75, 3.05) is 0 Å². The summed E-state index contributed by atoms with van der Waals surface area (Å²) < 4.78 is 13.9. The zero-order valence-electron chi connectivity index (χ0n) is 7.61. The molecule has 15 heavy (non-hydrogen) atoms. The normalized spacial score (nSPS) is 11.0. The number of hydrogen-bond donors (Lipinski definition) is 0. The smallest absolute Gasteiger partial charge is 0.125 e. The molecule has 1 nitrogen and oxygen atoms in total. The van der Waals surface area contributed by atoms with E-state index >= 15 is 0 Å². The van der Waals surface area contributed by atoms with Gasteiger partial charge >= 0.3 is 0 Å². The predicted octanol–water partition coefficient (Wildman–Crippen LogP) is 4.16. The summed E-state index contributed by atoms with van der Waals surface area (Å²) in [6.45, 7) is 0. The summed E-state index contributed by atoms with van der Waals surface area (Å²) in [4.78, 5) is 4.45. The van der Waals surface area contributed by atoms with Crippen molar-refractivity contribution in [2.24, 2.45) is 0 Å². The van der Waals surface area contributed by atoms with Gasteiger partial charge in [0.05, 0.1) is 10.2 Å². The number of hydrogen-bond acceptors (Lipinski definition) is 3. The molecule has 0 saturated carbocycles. The Hall–Kier alpha value is -1.26. The number of nitrogens with zero attached hydrogens (tertiary/aromatic N) is 1. The minimum atomic E-state index is -0.206. The number of rotatable bonds is 1. The van der Waals surface area contributed by atoms with Crippen LogP contribution in [0.5, 0.6) is 0 Å². The van der Waals surface area contributed by atoms with E-state index in [0.717, 1.165) is 20.8 Å². The minimum absolute atomic E-state index is 0.206. The topological polar surface area (TPSA) is 12.9 Å². The Morgan fingerprint density at radius 1 is 1.20 bits per heavy atom. The Balaban J connectivity index is 2.22. The fraction of sp³-hybridized carbons (Fsp3) is 0. The quantitative estimate of drug-likeness (QED) is 0.617. The van der Waals surface area contributed by atoms with Crippen LogP contribution in [0.4, 0.5) is 4.39 Å². The van der Waals surface area contributed by atoms with E-state index in [1.54, 1.807) is 17.4 Å². The number of thiophene rings is 1. The number of thiazole rings is 1. The van der Waals surface area contributed by atoms with Crippen LogP contribution < -0.4 is 0 Å². The van der Waals surface area contributed by atoms with Gasteiger partial charge in [0.25, 0.3) is 0 Å². The van der Waals surface area contributed by atoms with Crippen LogP contribution in [0.25, 0.3) is 20.8 Å². The molecule has 0 saturated heterocycles. The molecule has 0 radical (unpaired) electrons. The Kier molecular flexibility index (Phi) is 2.04. The van der Waals surface area contributed by atoms with Gasteiger partial charge in [-0.1, -0.05) is 0 Å². The molecule has 0 amide bonds. The van der Waals surface area contributed by atoms with Crippen molar-refractivity contribution >= 4 is 32.9 Å². The maximum absolute atomic E-state index is 13.0. The minimum Gasteiger partial charge on any atom is -0.236 e. The molecule has 3 rings (SSSR count). The van der Waals surface area contributed by atoms with Gasteiger partial charge in [-0.15, -0.1) is 11.3 Å². The van der Waals surface area contributed by atoms with Crippen LogP contribution in [0.15, 0.2) is 35.0 Å². The first kappa shape index (κ1) is 9.00. The molecule has 74 valence electrons. The highest BCUT2D eigenvalue weighted by atomic mass is 32.1. The van der Waals surface area contributed by atoms with Gasteiger partial charge in [0.1, 0.15) is 10.8 Å². The van der Waals surface area contributed by atoms with E-state index in [1.165, 1.54) is 23.5 Å². The van der Waals surface area contributed by atoms with Crippen molar-refractivity contribution in [1.82, 2.24) is 4.98 Å². The molecule has 0 bridgehead atoms. The molecule has 3 aromatic rings. The number of halogens is 1. The molecule has 0 aliphatic heterocycles. The standard InChI is InChI=1S/C11H6FNS2/c12-8-1-2-9-10(5-8)15-11(13-9)7-3-4-14-6-7/h1-6H. The SMILES string of the molecule is Fc1ccc2nc(-c3ccsc3)sc2c1. The summed E-state index contributed by atoms with van der Waals surface area (Å²) in [5.74, 6) is -0.206. The van der Waals surface area contributed by atoms with Crippen LogP contribution >= 0.6 is 22.7 Å². The Morgan fingerprint density at radius 2 is 2.13 bits per heavy atom. The second kappa shape index (κ2) is 3.40. The summed E-state index contributed by atoms with van der Waals surface area (Å²) in [6, 6.07) is 6.72. The molecule has 0 atom stereocenters. The van der Waals surface area contributed by atoms with E-state index < -0.39 is 0 Å². The van der Waals surface area contributed by atoms with Crippen molar-refractivity contribution < 1.29 is 4.39 Å². The van der Waals surface area contributed by atoms with Gasteiger partial charge in [-0.3, -0.25) is 0 Å². The van der Waals surface area contributed by atoms with Gasteiger partial charge in [0, 0.05) is 10.9 Å². The summed E-state index contributed by atoms with van der Waals surface area (Å²) in [5, 5.41) is 5.02. The van der Waals surface area contributed by atoms with Crippen LogP contribution in [0.2, 0.25) is 0 Å². The molecule has 0 spiro atoms. The van der Waals surface area contributed by atoms with Crippen LogP contribution in [0.3, 0.4) is 0 Å². The van der Waals surface area contributed by atoms with Crippen molar-refractivity contribution in [1.29, 1.82) is 0 Å². The average molecular weight is 235 g/mol. The summed E-state index contributed by atoms with van der Waals surface area (Å²) >= 11 is 3.16. The van der Waals surface area contributed by atoms with Crippen molar-refractivity contribution in [3.05, 3.63) is 40.8 Å². The van der Waals surface area contributed by atoms with Crippen LogP contribution in [-0.2, 0) is 0 Å². The molecule has 0 aliphatic rings. The van der Waals surface area contributed by atoms with Crippen molar-refractivity contribution in [3.8, 4) is 10.6 Å². The Morgan fingerprint density at radius 3 is 2.93 bits per heavy atom. The van der Waals surface area contributed by atoms with Gasteiger partial charge < -0.3 is 0 Å². The maximum atomic E-state index is 13.0. The molecule has 0 unspecified atom stereocenters. The molecular formula is C11H6FNS2. The van der Waals surface area contributed by atoms with E-state index in [2.05, 4.69) is 4.98 Å². The molecule has 0 aliphatic carbocycles. The molecule has 4 heteroatoms. The third-order valence-electron chi connectivity index (χ3n) is 2.12. The maximum Gasteiger partial charge on any atom is 0.125 e. The summed E-state index contributed by atoms with van der Waals surface area (Å²) in [7, 11) is 0. The lowest BCUT2D eigenvalue weighted by Crippen LogP contribution is -1.72. The highest BCUT2D eigenvalue weighted by Gasteiger charge is 2.06. The number of aromatic nitrogens is 1. The second-order valence-electron chi connectivity index (χ2n) is 3.14. The van der Waals surface area contributed by atoms with Gasteiger partial charge in [-0.25, -0.2) is 9.37 Å². The third kappa shape index (κ3) is 1.56. The Bertz CT molecular complexity index is 598. The largest absolute Gasteiger partial charge is 0.236 e. The van der Waals surface area contributed by atoms with E-state index in [4.69, 9.17) is 0 Å². The number of fused-ring (bicyclic) bond motifs is 1. The van der Waals surface area contributed by atoms with Crippen LogP contribution in [-0.4, -0.2) is 4.98 Å². The first-order chi connectivity index (χ1) is 7.33. The van der Waals surface area contributed by atoms with Crippen molar-refractivity contribution in [3.63, 3.8) is 0 Å². The molecule has 2 aromatic heterocycles. The lowest BCUT2D eigenvalue weighted by molar-refractivity contribution is 0.630. The molecular weight excluding hydrogens is 229 g/mol. The van der Waals surface area contributed by atoms with E-state index in [0.29, 0.717) is 0 Å². The summed E-state index contributed by atoms with van der Waals surface area (Å²) in [5.41, 5.74) is 1.98. The van der Waals surface area contributed by atoms with Gasteiger partial charge in [-0.05, 0) is 29.6 Å². The van der Waals surface area contributed by atoms with E-state index in [9.17, 15) is 4.39 Å². The van der Waals surface area contributed by atoms with E-state index in [1.807, 2.05) is 16.8 Å². The molecule has 1 aromatic carbocycles. The molecule has 0 N–H and O–H groups in total. The van der Waals surface area contributed by atoms with Gasteiger partial charge in [0.2, 0.25) is 0 Å². The second-order valence-corrected chi connectivity index (χ2v) is 4.95. The fourth-order valence-electron chi connectivity index (χ4n) is 1.41. The fourth-order valence-corrected chi connectivity index (χ4v) is 3.11. The first-order valence-corrected chi connectivity index (χ1v) is 6.17. The highest BCUT2D eigenvalue weighted by molar-refractivity contribution is 7.22. The molecule has 2 heterocycles. The van der Waals surface area contributed by atoms with Crippen LogP contribution in [0.1, 0.15) is 0 Å². The Labute approximate surface area is 93.8 Å². The third-order valence-corrected chi connectivity index (χ3v) is 3.87. The predicted molar refractivity (Wildman–Crippen MR) is 62.9 cm³/mol. The van der Waals surface area contributed by atoms with Gasteiger partial charge in [-0.2, -0.15) is 11.3 Å². The van der Waals surface area contributed by atoms with E-state index in [-0.39, 0.29) is 5.82 Å². The van der Waals surface area contributed by atoms with Crippen LogP contribution in [0, 0.1) is 5.82 Å². The highest BCUT2D eigenvalue weighted by Crippen LogP contribution is 2.31. The number of benzene rings is 1. The lowest BCUT2D eigenvalue weighted by Gasteiger charge is -1.85. The van der Waals surface area contributed by atoms with Gasteiger partial charge in [0.15, 0.2) is 0 Å². The monoisotopic (exact) mass is 235 g/mol. The first-order valence-electron chi connectivity index (χ1n) is 4.41. The zero-order chi connectivity index (χ0) is 10.3. The average Bonchev–Trinajstić information content (AvgIpc) is 2.84. The summed E-state index contributed by atoms with van der Waals surface area (Å²) in [6.07, 6.45) is 0. The zero-order valence-corrected chi connectivity index (χ0v) is 9.24. The molecule has 0 fully saturated rings.